The van der Waals surface area contributed by atoms with Crippen LogP contribution < -0.4 is 16.3 Å². The number of fused-ring (bicyclic) bond motifs is 1. The Bertz CT molecular complexity index is 694. The van der Waals surface area contributed by atoms with Crippen molar-refractivity contribution in [2.24, 2.45) is 0 Å². The minimum Gasteiger partial charge on any atom is -0.352 e. The molecule has 0 spiro atoms. The minimum atomic E-state index is 0.0519. The molecule has 0 amide bonds. The summed E-state index contributed by atoms with van der Waals surface area (Å²) in [4.78, 5) is 21.4. The van der Waals surface area contributed by atoms with E-state index in [0.717, 1.165) is 23.8 Å². The van der Waals surface area contributed by atoms with E-state index in [2.05, 4.69) is 15.3 Å². The third-order valence-electron chi connectivity index (χ3n) is 3.33. The molecule has 0 aliphatic carbocycles. The zero-order valence-corrected chi connectivity index (χ0v) is 12.8. The molecule has 0 saturated carbocycles. The molecule has 0 atom stereocenters. The Hall–Kier alpha value is -1.85. The van der Waals surface area contributed by atoms with Gasteiger partial charge in [-0.05, 0) is 33.2 Å². The lowest BCUT2D eigenvalue weighted by molar-refractivity contribution is 0.751. The van der Waals surface area contributed by atoms with Gasteiger partial charge >= 0.3 is 0 Å². The Morgan fingerprint density at radius 3 is 2.65 bits per heavy atom. The second-order valence-corrected chi connectivity index (χ2v) is 5.24. The van der Waals surface area contributed by atoms with Crippen molar-refractivity contribution in [3.8, 4) is 0 Å². The maximum Gasteiger partial charge on any atom is 0.246 e. The highest BCUT2D eigenvalue weighted by Crippen LogP contribution is 2.15. The summed E-state index contributed by atoms with van der Waals surface area (Å²) in [6.45, 7) is 10.6. The molecule has 0 aliphatic heterocycles. The van der Waals surface area contributed by atoms with E-state index in [4.69, 9.17) is 0 Å². The van der Waals surface area contributed by atoms with Crippen LogP contribution in [0.2, 0.25) is 6.82 Å². The summed E-state index contributed by atoms with van der Waals surface area (Å²) >= 11 is 0. The molecule has 2 heterocycles. The number of aromatic nitrogens is 3. The molecule has 0 saturated heterocycles. The first kappa shape index (κ1) is 14.6. The molecule has 106 valence electrons. The first-order valence-electron chi connectivity index (χ1n) is 7.15. The van der Waals surface area contributed by atoms with Crippen molar-refractivity contribution < 1.29 is 0 Å². The van der Waals surface area contributed by atoms with Gasteiger partial charge in [0.2, 0.25) is 11.5 Å². The number of hydrogen-bond donors (Lipinski definition) is 1. The number of anilines is 1. The van der Waals surface area contributed by atoms with Crippen molar-refractivity contribution in [1.82, 2.24) is 14.5 Å². The van der Waals surface area contributed by atoms with Gasteiger partial charge in [-0.3, -0.25) is 9.36 Å². The molecule has 2 aromatic heterocycles. The predicted octanol–water partition coefficient (Wildman–Crippen LogP) is 1.05. The van der Waals surface area contributed by atoms with Crippen LogP contribution >= 0.6 is 0 Å². The topological polar surface area (TPSA) is 59.8 Å². The summed E-state index contributed by atoms with van der Waals surface area (Å²) < 4.78 is 1.73. The molecule has 5 nitrogen and oxygen atoms in total. The van der Waals surface area contributed by atoms with Crippen LogP contribution in [-0.2, 0) is 6.54 Å². The van der Waals surface area contributed by atoms with E-state index in [1.54, 1.807) is 4.57 Å². The Labute approximate surface area is 119 Å². The van der Waals surface area contributed by atoms with Crippen molar-refractivity contribution in [1.29, 1.82) is 0 Å². The lowest BCUT2D eigenvalue weighted by Gasteiger charge is -2.14. The number of aryl methyl sites for hydroxylation is 2. The number of pyridine rings is 1. The van der Waals surface area contributed by atoms with Crippen LogP contribution in [0.5, 0.6) is 0 Å². The highest BCUT2D eigenvalue weighted by molar-refractivity contribution is 6.52. The Balaban J connectivity index is 2.78. The molecule has 0 aromatic carbocycles. The summed E-state index contributed by atoms with van der Waals surface area (Å²) in [7, 11) is 0.722. The van der Waals surface area contributed by atoms with Gasteiger partial charge in [0.15, 0.2) is 7.28 Å². The summed E-state index contributed by atoms with van der Waals surface area (Å²) in [5.74, 6) is 0.579. The Morgan fingerprint density at radius 1 is 1.40 bits per heavy atom. The van der Waals surface area contributed by atoms with E-state index in [1.807, 2.05) is 40.6 Å². The second-order valence-electron chi connectivity index (χ2n) is 5.24. The average Bonchev–Trinajstić information content (AvgIpc) is 2.37. The van der Waals surface area contributed by atoms with E-state index in [9.17, 15) is 4.79 Å². The summed E-state index contributed by atoms with van der Waals surface area (Å²) in [5.41, 5.74) is 2.48. The van der Waals surface area contributed by atoms with Crippen molar-refractivity contribution in [3.63, 3.8) is 0 Å². The van der Waals surface area contributed by atoms with Crippen molar-refractivity contribution in [3.05, 3.63) is 22.1 Å². The molecule has 20 heavy (non-hydrogen) atoms. The summed E-state index contributed by atoms with van der Waals surface area (Å²) in [6, 6.07) is 2.18. The molecule has 6 heteroatoms. The molecule has 2 rings (SSSR count). The normalized spacial score (nSPS) is 11.1. The van der Waals surface area contributed by atoms with Gasteiger partial charge in [-0.25, -0.2) is 4.98 Å². The largest absolute Gasteiger partial charge is 0.352 e. The fraction of sp³-hybridized carbons (Fsp3) is 0.500. The van der Waals surface area contributed by atoms with Gasteiger partial charge in [-0.2, -0.15) is 4.98 Å². The van der Waals surface area contributed by atoms with Crippen LogP contribution in [0.3, 0.4) is 0 Å². The fourth-order valence-corrected chi connectivity index (χ4v) is 2.32. The van der Waals surface area contributed by atoms with E-state index < -0.39 is 0 Å². The predicted molar refractivity (Wildman–Crippen MR) is 85.6 cm³/mol. The number of hydrogen-bond acceptors (Lipinski definition) is 4. The molecule has 0 fully saturated rings. The SMILES string of the molecule is CBc1cc2c(C)nc(NC(C)C)nc2n(CC)c1=O. The highest BCUT2D eigenvalue weighted by atomic mass is 16.1. The zero-order chi connectivity index (χ0) is 14.9. The van der Waals surface area contributed by atoms with Gasteiger partial charge in [0, 0.05) is 18.0 Å². The average molecular weight is 272 g/mol. The van der Waals surface area contributed by atoms with Crippen LogP contribution in [-0.4, -0.2) is 27.9 Å². The molecule has 0 bridgehead atoms. The van der Waals surface area contributed by atoms with Gasteiger partial charge in [0.1, 0.15) is 5.65 Å². The molecule has 0 aliphatic rings. The third kappa shape index (κ3) is 2.55. The Morgan fingerprint density at radius 2 is 2.10 bits per heavy atom. The minimum absolute atomic E-state index is 0.0519. The van der Waals surface area contributed by atoms with E-state index in [0.29, 0.717) is 18.1 Å². The maximum absolute atomic E-state index is 12.4. The van der Waals surface area contributed by atoms with Gasteiger partial charge < -0.3 is 5.32 Å². The fourth-order valence-electron chi connectivity index (χ4n) is 2.32. The highest BCUT2D eigenvalue weighted by Gasteiger charge is 2.13. The number of rotatable bonds is 4. The van der Waals surface area contributed by atoms with E-state index >= 15 is 0 Å². The lowest BCUT2D eigenvalue weighted by Crippen LogP contribution is -2.37. The standard InChI is InChI=1S/C14H21BN4O/c1-6-19-12-10(7-11(15-5)13(19)20)9(4)17-14(18-12)16-8(2)3/h7-8,15H,6H2,1-5H3,(H,16,17,18). The van der Waals surface area contributed by atoms with Crippen molar-refractivity contribution in [2.75, 3.05) is 5.32 Å². The zero-order valence-electron chi connectivity index (χ0n) is 12.8. The van der Waals surface area contributed by atoms with Gasteiger partial charge in [-0.1, -0.05) is 12.9 Å². The van der Waals surface area contributed by atoms with E-state index in [1.165, 1.54) is 0 Å². The van der Waals surface area contributed by atoms with Crippen LogP contribution in [0.4, 0.5) is 5.95 Å². The van der Waals surface area contributed by atoms with Crippen LogP contribution in [0.25, 0.3) is 11.0 Å². The summed E-state index contributed by atoms with van der Waals surface area (Å²) in [5, 5.41) is 4.16. The lowest BCUT2D eigenvalue weighted by atomic mass is 9.73. The van der Waals surface area contributed by atoms with Crippen LogP contribution in [0.1, 0.15) is 26.5 Å². The first-order chi connectivity index (χ1) is 9.47. The van der Waals surface area contributed by atoms with Crippen LogP contribution in [0.15, 0.2) is 10.9 Å². The monoisotopic (exact) mass is 272 g/mol. The number of nitrogens with zero attached hydrogens (tertiary/aromatic N) is 3. The van der Waals surface area contributed by atoms with Crippen molar-refractivity contribution in [2.45, 2.75) is 47.1 Å². The molecular weight excluding hydrogens is 251 g/mol. The molecule has 1 N–H and O–H groups in total. The Kier molecular flexibility index (Phi) is 4.11. The maximum atomic E-state index is 12.4. The number of nitrogens with one attached hydrogen (secondary N) is 1. The quantitative estimate of drug-likeness (QED) is 0.845. The third-order valence-corrected chi connectivity index (χ3v) is 3.33. The molecule has 0 unspecified atom stereocenters. The van der Waals surface area contributed by atoms with Gasteiger partial charge in [0.25, 0.3) is 0 Å². The van der Waals surface area contributed by atoms with Crippen LogP contribution in [0, 0.1) is 6.92 Å². The molecule has 2 aromatic rings. The van der Waals surface area contributed by atoms with Gasteiger partial charge in [0.05, 0.1) is 5.69 Å². The molecule has 0 radical (unpaired) electrons. The summed E-state index contributed by atoms with van der Waals surface area (Å²) in [6.07, 6.45) is 0. The second kappa shape index (κ2) is 5.65. The van der Waals surface area contributed by atoms with E-state index in [-0.39, 0.29) is 11.6 Å². The smallest absolute Gasteiger partial charge is 0.246 e. The van der Waals surface area contributed by atoms with Crippen molar-refractivity contribution >= 4 is 29.7 Å². The first-order valence-corrected chi connectivity index (χ1v) is 7.15. The van der Waals surface area contributed by atoms with Gasteiger partial charge in [-0.15, -0.1) is 0 Å². The molecular formula is C14H21BN4O.